The van der Waals surface area contributed by atoms with Crippen molar-refractivity contribution in [2.45, 2.75) is 45.7 Å². The molecule has 0 aromatic heterocycles. The molecular formula is C23H35N4O3+. The molecule has 3 amide bonds. The van der Waals surface area contributed by atoms with Gasteiger partial charge in [-0.3, -0.25) is 9.69 Å². The molecule has 0 aliphatic carbocycles. The highest BCUT2D eigenvalue weighted by Gasteiger charge is 2.44. The van der Waals surface area contributed by atoms with Crippen molar-refractivity contribution in [3.8, 4) is 5.75 Å². The van der Waals surface area contributed by atoms with Crippen molar-refractivity contribution >= 4 is 11.9 Å². The highest BCUT2D eigenvalue weighted by Crippen LogP contribution is 2.37. The van der Waals surface area contributed by atoms with Gasteiger partial charge in [0.15, 0.2) is 0 Å². The lowest BCUT2D eigenvalue weighted by molar-refractivity contribution is -0.896. The minimum Gasteiger partial charge on any atom is -0.497 e. The van der Waals surface area contributed by atoms with Crippen LogP contribution in [-0.4, -0.2) is 68.1 Å². The summed E-state index contributed by atoms with van der Waals surface area (Å²) in [5.74, 6) is 0.727. The zero-order chi connectivity index (χ0) is 21.8. The number of amides is 3. The van der Waals surface area contributed by atoms with Crippen molar-refractivity contribution in [3.63, 3.8) is 0 Å². The second-order valence-corrected chi connectivity index (χ2v) is 8.21. The van der Waals surface area contributed by atoms with Crippen LogP contribution in [0.3, 0.4) is 0 Å². The second-order valence-electron chi connectivity index (χ2n) is 8.21. The van der Waals surface area contributed by atoms with Gasteiger partial charge in [-0.2, -0.15) is 0 Å². The third kappa shape index (κ3) is 4.31. The van der Waals surface area contributed by atoms with Crippen molar-refractivity contribution in [2.75, 3.05) is 40.3 Å². The summed E-state index contributed by atoms with van der Waals surface area (Å²) in [5, 5.41) is 2.99. The van der Waals surface area contributed by atoms with Crippen LogP contribution in [-0.2, 0) is 4.79 Å². The van der Waals surface area contributed by atoms with Crippen LogP contribution in [0.15, 0.2) is 35.5 Å². The van der Waals surface area contributed by atoms with Gasteiger partial charge in [0, 0.05) is 13.1 Å². The molecule has 0 bridgehead atoms. The number of likely N-dealkylation sites (N-methyl/N-ethyl adjacent to an activating group) is 1. The zero-order valence-corrected chi connectivity index (χ0v) is 18.8. The van der Waals surface area contributed by atoms with Crippen molar-refractivity contribution < 1.29 is 19.2 Å². The van der Waals surface area contributed by atoms with Crippen LogP contribution in [0.1, 0.15) is 45.2 Å². The molecule has 2 heterocycles. The molecule has 0 saturated heterocycles. The molecule has 0 fully saturated rings. The van der Waals surface area contributed by atoms with E-state index in [4.69, 9.17) is 4.74 Å². The highest BCUT2D eigenvalue weighted by atomic mass is 16.5. The van der Waals surface area contributed by atoms with E-state index in [1.54, 1.807) is 24.0 Å². The highest BCUT2D eigenvalue weighted by molar-refractivity contribution is 6.01. The summed E-state index contributed by atoms with van der Waals surface area (Å²) in [6.07, 6.45) is 2.05. The Labute approximate surface area is 179 Å². The summed E-state index contributed by atoms with van der Waals surface area (Å²) >= 11 is 0. The van der Waals surface area contributed by atoms with Gasteiger partial charge in [0.05, 0.1) is 50.6 Å². The normalized spacial score (nSPS) is 20.0. The van der Waals surface area contributed by atoms with Crippen LogP contribution in [0.25, 0.3) is 0 Å². The first-order chi connectivity index (χ1) is 14.4. The van der Waals surface area contributed by atoms with Gasteiger partial charge in [0.2, 0.25) is 0 Å². The Morgan fingerprint density at radius 1 is 1.27 bits per heavy atom. The molecule has 0 radical (unpaired) electrons. The smallest absolute Gasteiger partial charge is 0.322 e. The van der Waals surface area contributed by atoms with Crippen LogP contribution >= 0.6 is 0 Å². The van der Waals surface area contributed by atoms with Crippen LogP contribution in [0, 0.1) is 0 Å². The zero-order valence-electron chi connectivity index (χ0n) is 18.8. The van der Waals surface area contributed by atoms with Gasteiger partial charge >= 0.3 is 6.03 Å². The fraction of sp³-hybridized carbons (Fsp3) is 0.565. The number of methoxy groups -OCH3 is 1. The first kappa shape index (κ1) is 22.2. The Kier molecular flexibility index (Phi) is 7.02. The van der Waals surface area contributed by atoms with Crippen molar-refractivity contribution in [2.24, 2.45) is 0 Å². The Hall–Kier alpha value is -2.54. The molecule has 1 aromatic rings. The number of carbonyl (C=O) groups is 2. The number of rotatable bonds is 9. The number of nitrogens with zero attached hydrogens (tertiary/aromatic N) is 2. The molecule has 30 heavy (non-hydrogen) atoms. The summed E-state index contributed by atoms with van der Waals surface area (Å²) in [4.78, 5) is 31.1. The fourth-order valence-electron chi connectivity index (χ4n) is 4.42. The minimum absolute atomic E-state index is 0.0207. The molecular weight excluding hydrogens is 380 g/mol. The second kappa shape index (κ2) is 9.51. The molecule has 1 aromatic carbocycles. The predicted octanol–water partition coefficient (Wildman–Crippen LogP) is 1.58. The number of ether oxygens (including phenoxy) is 1. The van der Waals surface area contributed by atoms with E-state index in [0.717, 1.165) is 43.7 Å². The van der Waals surface area contributed by atoms with Gasteiger partial charge in [0.25, 0.3) is 5.91 Å². The van der Waals surface area contributed by atoms with E-state index in [2.05, 4.69) is 26.1 Å². The quantitative estimate of drug-likeness (QED) is 0.644. The van der Waals surface area contributed by atoms with Crippen molar-refractivity contribution in [1.82, 2.24) is 15.1 Å². The predicted molar refractivity (Wildman–Crippen MR) is 116 cm³/mol. The lowest BCUT2D eigenvalue weighted by Crippen LogP contribution is -3.11. The lowest BCUT2D eigenvalue weighted by Gasteiger charge is -2.31. The Morgan fingerprint density at radius 2 is 2.00 bits per heavy atom. The molecule has 0 saturated carbocycles. The number of quaternary nitrogens is 1. The Bertz CT molecular complexity index is 818. The van der Waals surface area contributed by atoms with E-state index in [-0.39, 0.29) is 18.0 Å². The van der Waals surface area contributed by atoms with E-state index in [1.165, 1.54) is 0 Å². The average Bonchev–Trinajstić information content (AvgIpc) is 3.11. The van der Waals surface area contributed by atoms with Gasteiger partial charge in [0.1, 0.15) is 5.75 Å². The first-order valence-electron chi connectivity index (χ1n) is 11.0. The van der Waals surface area contributed by atoms with E-state index in [1.807, 2.05) is 29.2 Å². The molecule has 2 N–H and O–H groups in total. The summed E-state index contributed by atoms with van der Waals surface area (Å²) in [5.41, 5.74) is 2.33. The maximum atomic E-state index is 13.4. The molecule has 2 aliphatic rings. The van der Waals surface area contributed by atoms with Crippen LogP contribution in [0.2, 0.25) is 0 Å². The maximum absolute atomic E-state index is 13.4. The Balaban J connectivity index is 1.78. The van der Waals surface area contributed by atoms with E-state index >= 15 is 0 Å². The standard InChI is InChI=1S/C23H34N4O3/c1-6-26(7-2)13-9-10-16(3)27-15-19-20(22(27)28)21(24-23(29)25(19)4)17-11-8-12-18(14-17)30-5/h8,11-12,14,16,21H,6-7,9-10,13,15H2,1-5H3,(H,24,29)/p+1/t16-,21+/m1/s1. The van der Waals surface area contributed by atoms with Gasteiger partial charge < -0.3 is 19.9 Å². The molecule has 3 rings (SSSR count). The first-order valence-corrected chi connectivity index (χ1v) is 11.0. The monoisotopic (exact) mass is 415 g/mol. The Morgan fingerprint density at radius 3 is 2.67 bits per heavy atom. The molecule has 164 valence electrons. The molecule has 0 spiro atoms. The maximum Gasteiger partial charge on any atom is 0.322 e. The number of hydrogen-bond donors (Lipinski definition) is 2. The van der Waals surface area contributed by atoms with Gasteiger partial charge in [-0.25, -0.2) is 4.79 Å². The van der Waals surface area contributed by atoms with Crippen LogP contribution in [0.5, 0.6) is 5.75 Å². The molecule has 0 unspecified atom stereocenters. The number of carbonyl (C=O) groups excluding carboxylic acids is 2. The summed E-state index contributed by atoms with van der Waals surface area (Å²) in [6, 6.07) is 7.04. The number of hydrogen-bond acceptors (Lipinski definition) is 3. The van der Waals surface area contributed by atoms with Gasteiger partial charge in [-0.05, 0) is 51.3 Å². The number of nitrogens with one attached hydrogen (secondary N) is 2. The molecule has 7 heteroatoms. The third-order valence-electron chi connectivity index (χ3n) is 6.50. The lowest BCUT2D eigenvalue weighted by atomic mass is 9.95. The number of benzene rings is 1. The molecule has 7 nitrogen and oxygen atoms in total. The number of urea groups is 1. The molecule has 2 aliphatic heterocycles. The summed E-state index contributed by atoms with van der Waals surface area (Å²) in [7, 11) is 3.35. The third-order valence-corrected chi connectivity index (χ3v) is 6.50. The van der Waals surface area contributed by atoms with Crippen LogP contribution in [0.4, 0.5) is 4.79 Å². The van der Waals surface area contributed by atoms with Gasteiger partial charge in [-0.15, -0.1) is 0 Å². The largest absolute Gasteiger partial charge is 0.497 e. The van der Waals surface area contributed by atoms with Crippen molar-refractivity contribution in [3.05, 3.63) is 41.1 Å². The van der Waals surface area contributed by atoms with Gasteiger partial charge in [-0.1, -0.05) is 12.1 Å². The summed E-state index contributed by atoms with van der Waals surface area (Å²) < 4.78 is 5.34. The summed E-state index contributed by atoms with van der Waals surface area (Å²) in [6.45, 7) is 10.4. The SMILES string of the molecule is CC[NH+](CC)CCC[C@@H](C)N1CC2=C(C1=O)[C@H](c1cccc(OC)c1)NC(=O)N2C. The molecule has 2 atom stereocenters. The topological polar surface area (TPSA) is 66.3 Å². The minimum atomic E-state index is -0.455. The van der Waals surface area contributed by atoms with E-state index < -0.39 is 6.04 Å². The van der Waals surface area contributed by atoms with Crippen LogP contribution < -0.4 is 15.0 Å². The fourth-order valence-corrected chi connectivity index (χ4v) is 4.42. The van der Waals surface area contributed by atoms with E-state index in [9.17, 15) is 9.59 Å². The van der Waals surface area contributed by atoms with Crippen molar-refractivity contribution in [1.29, 1.82) is 0 Å². The average molecular weight is 416 g/mol. The van der Waals surface area contributed by atoms with E-state index in [0.29, 0.717) is 17.9 Å².